The Bertz CT molecular complexity index is 562. The third-order valence-electron chi connectivity index (χ3n) is 2.52. The van der Waals surface area contributed by atoms with Crippen LogP contribution in [0, 0.1) is 0 Å². The summed E-state index contributed by atoms with van der Waals surface area (Å²) in [6.45, 7) is 2.05. The molecule has 2 N–H and O–H groups in total. The molecule has 0 fully saturated rings. The predicted octanol–water partition coefficient (Wildman–Crippen LogP) is 1.42. The van der Waals surface area contributed by atoms with Crippen LogP contribution in [0.1, 0.15) is 29.4 Å². The van der Waals surface area contributed by atoms with Gasteiger partial charge >= 0.3 is 5.97 Å². The largest absolute Gasteiger partial charge is 0.477 e. The SMILES string of the molecule is CCCc1cc(NC)n2ncc(C(=O)O)c2n1. The molecule has 2 aromatic heterocycles. The average Bonchev–Trinajstić information content (AvgIpc) is 2.72. The van der Waals surface area contributed by atoms with E-state index in [1.54, 1.807) is 7.05 Å². The topological polar surface area (TPSA) is 79.5 Å². The van der Waals surface area contributed by atoms with Crippen LogP contribution >= 0.6 is 0 Å². The summed E-state index contributed by atoms with van der Waals surface area (Å²) in [6, 6.07) is 1.88. The molecule has 0 aliphatic rings. The lowest BCUT2D eigenvalue weighted by Gasteiger charge is -2.06. The van der Waals surface area contributed by atoms with Crippen LogP contribution < -0.4 is 5.32 Å². The normalized spacial score (nSPS) is 10.7. The van der Waals surface area contributed by atoms with E-state index in [1.165, 1.54) is 10.7 Å². The Labute approximate surface area is 98.3 Å². The number of hydrogen-bond donors (Lipinski definition) is 2. The fourth-order valence-electron chi connectivity index (χ4n) is 1.73. The van der Waals surface area contributed by atoms with Gasteiger partial charge in [0.05, 0.1) is 6.20 Å². The zero-order chi connectivity index (χ0) is 12.4. The van der Waals surface area contributed by atoms with E-state index in [4.69, 9.17) is 5.11 Å². The molecule has 0 unspecified atom stereocenters. The van der Waals surface area contributed by atoms with Crippen LogP contribution in [0.5, 0.6) is 0 Å². The molecule has 0 aromatic carbocycles. The Balaban J connectivity index is 2.67. The maximum atomic E-state index is 11.0. The second-order valence-electron chi connectivity index (χ2n) is 3.73. The van der Waals surface area contributed by atoms with Crippen LogP contribution in [0.3, 0.4) is 0 Å². The Kier molecular flexibility index (Phi) is 2.95. The standard InChI is InChI=1S/C11H14N4O2/c1-3-4-7-5-9(12-2)15-10(14-7)8(6-13-15)11(16)17/h5-6,12H,3-4H2,1-2H3,(H,16,17). The van der Waals surface area contributed by atoms with Gasteiger partial charge in [-0.05, 0) is 6.42 Å². The first kappa shape index (κ1) is 11.4. The number of carboxylic acid groups (broad SMARTS) is 1. The highest BCUT2D eigenvalue weighted by molar-refractivity contribution is 5.94. The molecule has 17 heavy (non-hydrogen) atoms. The molecule has 0 bridgehead atoms. The van der Waals surface area contributed by atoms with E-state index in [9.17, 15) is 4.79 Å². The van der Waals surface area contributed by atoms with Crippen LogP contribution in [-0.2, 0) is 6.42 Å². The Morgan fingerprint density at radius 1 is 1.59 bits per heavy atom. The number of hydrogen-bond acceptors (Lipinski definition) is 4. The van der Waals surface area contributed by atoms with Crippen LogP contribution in [0.15, 0.2) is 12.3 Å². The minimum absolute atomic E-state index is 0.124. The third-order valence-corrected chi connectivity index (χ3v) is 2.52. The second-order valence-corrected chi connectivity index (χ2v) is 3.73. The van der Waals surface area contributed by atoms with E-state index >= 15 is 0 Å². The highest BCUT2D eigenvalue weighted by Crippen LogP contribution is 2.16. The smallest absolute Gasteiger partial charge is 0.341 e. The Hall–Kier alpha value is -2.11. The fraction of sp³-hybridized carbons (Fsp3) is 0.364. The van der Waals surface area contributed by atoms with Gasteiger partial charge in [-0.15, -0.1) is 0 Å². The number of carbonyl (C=O) groups is 1. The summed E-state index contributed by atoms with van der Waals surface area (Å²) < 4.78 is 1.50. The van der Waals surface area contributed by atoms with Crippen LogP contribution in [0.4, 0.5) is 5.82 Å². The number of anilines is 1. The van der Waals surface area contributed by atoms with E-state index < -0.39 is 5.97 Å². The molecule has 2 rings (SSSR count). The minimum atomic E-state index is -1.01. The summed E-state index contributed by atoms with van der Waals surface area (Å²) in [6.07, 6.45) is 3.10. The first-order valence-corrected chi connectivity index (χ1v) is 5.46. The number of aromatic carboxylic acids is 1. The predicted molar refractivity (Wildman–Crippen MR) is 63.5 cm³/mol. The number of aryl methyl sites for hydroxylation is 1. The molecule has 6 nitrogen and oxygen atoms in total. The van der Waals surface area contributed by atoms with Gasteiger partial charge in [-0.2, -0.15) is 9.61 Å². The summed E-state index contributed by atoms with van der Waals surface area (Å²) in [4.78, 5) is 15.4. The summed E-state index contributed by atoms with van der Waals surface area (Å²) in [7, 11) is 1.77. The Morgan fingerprint density at radius 2 is 2.35 bits per heavy atom. The van der Waals surface area contributed by atoms with Gasteiger partial charge < -0.3 is 10.4 Å². The summed E-state index contributed by atoms with van der Waals surface area (Å²) in [5.41, 5.74) is 1.37. The third kappa shape index (κ3) is 1.93. The lowest BCUT2D eigenvalue weighted by Crippen LogP contribution is -2.05. The molecule has 2 aromatic rings. The number of nitrogens with one attached hydrogen (secondary N) is 1. The molecule has 0 spiro atoms. The van der Waals surface area contributed by atoms with Gasteiger partial charge in [-0.3, -0.25) is 0 Å². The van der Waals surface area contributed by atoms with E-state index in [0.29, 0.717) is 5.65 Å². The second kappa shape index (κ2) is 4.40. The fourth-order valence-corrected chi connectivity index (χ4v) is 1.73. The summed E-state index contributed by atoms with van der Waals surface area (Å²) in [5.74, 6) is -0.269. The summed E-state index contributed by atoms with van der Waals surface area (Å²) in [5, 5.41) is 16.1. The molecule has 0 radical (unpaired) electrons. The van der Waals surface area contributed by atoms with Gasteiger partial charge in [-0.1, -0.05) is 13.3 Å². The molecule has 2 heterocycles. The first-order valence-electron chi connectivity index (χ1n) is 5.46. The number of carboxylic acids is 1. The molecule has 0 aliphatic heterocycles. The lowest BCUT2D eigenvalue weighted by atomic mass is 10.2. The molecule has 0 saturated carbocycles. The van der Waals surface area contributed by atoms with Crippen LogP contribution in [0.2, 0.25) is 0 Å². The van der Waals surface area contributed by atoms with Crippen molar-refractivity contribution in [2.24, 2.45) is 0 Å². The van der Waals surface area contributed by atoms with Gasteiger partial charge in [0.1, 0.15) is 11.4 Å². The number of fused-ring (bicyclic) bond motifs is 1. The van der Waals surface area contributed by atoms with Crippen molar-refractivity contribution in [3.8, 4) is 0 Å². The zero-order valence-electron chi connectivity index (χ0n) is 9.77. The molecular weight excluding hydrogens is 220 g/mol. The first-order chi connectivity index (χ1) is 8.17. The summed E-state index contributed by atoms with van der Waals surface area (Å²) >= 11 is 0. The van der Waals surface area contributed by atoms with E-state index in [2.05, 4.69) is 22.3 Å². The lowest BCUT2D eigenvalue weighted by molar-refractivity contribution is 0.0699. The molecule has 90 valence electrons. The number of aromatic nitrogens is 3. The van der Waals surface area contributed by atoms with Crippen molar-refractivity contribution in [2.45, 2.75) is 19.8 Å². The minimum Gasteiger partial charge on any atom is -0.477 e. The van der Waals surface area contributed by atoms with E-state index in [-0.39, 0.29) is 5.56 Å². The average molecular weight is 234 g/mol. The van der Waals surface area contributed by atoms with E-state index in [0.717, 1.165) is 24.4 Å². The van der Waals surface area contributed by atoms with Gasteiger partial charge in [0.15, 0.2) is 5.65 Å². The number of rotatable bonds is 4. The number of nitrogens with zero attached hydrogens (tertiary/aromatic N) is 3. The van der Waals surface area contributed by atoms with Crippen LogP contribution in [-0.4, -0.2) is 32.7 Å². The van der Waals surface area contributed by atoms with Crippen molar-refractivity contribution in [3.05, 3.63) is 23.5 Å². The maximum absolute atomic E-state index is 11.0. The Morgan fingerprint density at radius 3 is 2.94 bits per heavy atom. The molecule has 0 atom stereocenters. The van der Waals surface area contributed by atoms with Crippen LogP contribution in [0.25, 0.3) is 5.65 Å². The van der Waals surface area contributed by atoms with Gasteiger partial charge in [0, 0.05) is 18.8 Å². The van der Waals surface area contributed by atoms with Crippen molar-refractivity contribution in [3.63, 3.8) is 0 Å². The molecule has 6 heteroatoms. The highest BCUT2D eigenvalue weighted by atomic mass is 16.4. The van der Waals surface area contributed by atoms with Crippen molar-refractivity contribution < 1.29 is 9.90 Å². The zero-order valence-corrected chi connectivity index (χ0v) is 9.77. The molecule has 0 saturated heterocycles. The van der Waals surface area contributed by atoms with Gasteiger partial charge in [0.25, 0.3) is 0 Å². The monoisotopic (exact) mass is 234 g/mol. The quantitative estimate of drug-likeness (QED) is 0.836. The van der Waals surface area contributed by atoms with Crippen molar-refractivity contribution in [1.29, 1.82) is 0 Å². The molecular formula is C11H14N4O2. The van der Waals surface area contributed by atoms with E-state index in [1.807, 2.05) is 6.07 Å². The molecule has 0 aliphatic carbocycles. The van der Waals surface area contributed by atoms with Crippen molar-refractivity contribution >= 4 is 17.4 Å². The van der Waals surface area contributed by atoms with Crippen molar-refractivity contribution in [1.82, 2.24) is 14.6 Å². The van der Waals surface area contributed by atoms with Gasteiger partial charge in [-0.25, -0.2) is 9.78 Å². The van der Waals surface area contributed by atoms with Gasteiger partial charge in [0.2, 0.25) is 0 Å². The maximum Gasteiger partial charge on any atom is 0.341 e. The molecule has 0 amide bonds. The van der Waals surface area contributed by atoms with Crippen molar-refractivity contribution in [2.75, 3.05) is 12.4 Å². The highest BCUT2D eigenvalue weighted by Gasteiger charge is 2.15.